The number of ether oxygens (including phenoxy) is 1. The first kappa shape index (κ1) is 15.4. The molecule has 0 radical (unpaired) electrons. The van der Waals surface area contributed by atoms with Crippen LogP contribution in [0.4, 0.5) is 0 Å². The van der Waals surface area contributed by atoms with E-state index in [0.29, 0.717) is 6.42 Å². The van der Waals surface area contributed by atoms with Crippen LogP contribution in [0, 0.1) is 0 Å². The molecule has 0 heterocycles. The summed E-state index contributed by atoms with van der Waals surface area (Å²) in [5, 5.41) is 8.41. The molecule has 0 saturated carbocycles. The zero-order chi connectivity index (χ0) is 14.1. The van der Waals surface area contributed by atoms with Gasteiger partial charge in [0.25, 0.3) is 0 Å². The SMILES string of the molecule is O=C(O)CCS(=O)CC(=O)OCCc1ccccc1. The maximum atomic E-state index is 11.3. The van der Waals surface area contributed by atoms with Crippen molar-refractivity contribution in [2.24, 2.45) is 0 Å². The topological polar surface area (TPSA) is 80.7 Å². The van der Waals surface area contributed by atoms with Crippen molar-refractivity contribution in [2.45, 2.75) is 12.8 Å². The van der Waals surface area contributed by atoms with Gasteiger partial charge in [-0.3, -0.25) is 13.8 Å². The van der Waals surface area contributed by atoms with Crippen molar-refractivity contribution in [2.75, 3.05) is 18.1 Å². The third-order valence-corrected chi connectivity index (χ3v) is 3.54. The van der Waals surface area contributed by atoms with Gasteiger partial charge in [-0.2, -0.15) is 0 Å². The molecule has 0 spiro atoms. The van der Waals surface area contributed by atoms with E-state index in [0.717, 1.165) is 5.56 Å². The lowest BCUT2D eigenvalue weighted by Crippen LogP contribution is -2.18. The minimum atomic E-state index is -1.47. The van der Waals surface area contributed by atoms with Crippen molar-refractivity contribution in [3.63, 3.8) is 0 Å². The zero-order valence-corrected chi connectivity index (χ0v) is 11.2. The van der Waals surface area contributed by atoms with Crippen LogP contribution in [0.15, 0.2) is 30.3 Å². The lowest BCUT2D eigenvalue weighted by Gasteiger charge is -2.04. The van der Waals surface area contributed by atoms with Gasteiger partial charge in [-0.1, -0.05) is 30.3 Å². The number of benzene rings is 1. The molecule has 1 rings (SSSR count). The van der Waals surface area contributed by atoms with Crippen LogP contribution < -0.4 is 0 Å². The van der Waals surface area contributed by atoms with Crippen LogP contribution in [0.3, 0.4) is 0 Å². The van der Waals surface area contributed by atoms with E-state index in [4.69, 9.17) is 9.84 Å². The Bertz CT molecular complexity index is 444. The molecule has 1 unspecified atom stereocenters. The largest absolute Gasteiger partial charge is 0.481 e. The Kier molecular flexibility index (Phi) is 6.81. The fourth-order valence-electron chi connectivity index (χ4n) is 1.37. The van der Waals surface area contributed by atoms with E-state index >= 15 is 0 Å². The van der Waals surface area contributed by atoms with E-state index in [1.54, 1.807) is 0 Å². The Morgan fingerprint density at radius 3 is 2.53 bits per heavy atom. The molecule has 19 heavy (non-hydrogen) atoms. The van der Waals surface area contributed by atoms with Gasteiger partial charge >= 0.3 is 11.9 Å². The Balaban J connectivity index is 2.17. The Labute approximate surface area is 114 Å². The van der Waals surface area contributed by atoms with Gasteiger partial charge in [0.05, 0.1) is 13.0 Å². The summed E-state index contributed by atoms with van der Waals surface area (Å²) in [5.74, 6) is -1.85. The molecule has 0 aliphatic carbocycles. The monoisotopic (exact) mass is 284 g/mol. The standard InChI is InChI=1S/C13H16O5S/c14-12(15)7-9-19(17)10-13(16)18-8-6-11-4-2-1-3-5-11/h1-5H,6-10H2,(H,14,15). The molecule has 5 nitrogen and oxygen atoms in total. The summed E-state index contributed by atoms with van der Waals surface area (Å²) >= 11 is 0. The van der Waals surface area contributed by atoms with Gasteiger partial charge in [-0.25, -0.2) is 0 Å². The van der Waals surface area contributed by atoms with E-state index in [-0.39, 0.29) is 24.5 Å². The van der Waals surface area contributed by atoms with E-state index in [1.165, 1.54) is 0 Å². The van der Waals surface area contributed by atoms with E-state index in [1.807, 2.05) is 30.3 Å². The zero-order valence-electron chi connectivity index (χ0n) is 10.4. The van der Waals surface area contributed by atoms with Gasteiger partial charge in [-0.05, 0) is 5.56 Å². The normalized spacial score (nSPS) is 11.8. The van der Waals surface area contributed by atoms with Crippen molar-refractivity contribution >= 4 is 22.7 Å². The number of rotatable bonds is 8. The summed E-state index contributed by atoms with van der Waals surface area (Å²) in [6.45, 7) is 0.235. The molecule has 1 N–H and O–H groups in total. The van der Waals surface area contributed by atoms with Gasteiger partial charge in [0, 0.05) is 23.0 Å². The second kappa shape index (κ2) is 8.42. The van der Waals surface area contributed by atoms with E-state index in [2.05, 4.69) is 0 Å². The van der Waals surface area contributed by atoms with Crippen molar-refractivity contribution < 1.29 is 23.6 Å². The van der Waals surface area contributed by atoms with Crippen LogP contribution in [-0.2, 0) is 31.5 Å². The summed E-state index contributed by atoms with van der Waals surface area (Å²) in [7, 11) is -1.47. The number of carboxylic acids is 1. The van der Waals surface area contributed by atoms with Crippen molar-refractivity contribution in [3.8, 4) is 0 Å². The average Bonchev–Trinajstić information content (AvgIpc) is 2.37. The number of esters is 1. The van der Waals surface area contributed by atoms with Crippen LogP contribution in [0.2, 0.25) is 0 Å². The lowest BCUT2D eigenvalue weighted by atomic mass is 10.2. The van der Waals surface area contributed by atoms with Gasteiger partial charge in [-0.15, -0.1) is 0 Å². The number of carbonyl (C=O) groups is 2. The van der Waals surface area contributed by atoms with Crippen LogP contribution >= 0.6 is 0 Å². The van der Waals surface area contributed by atoms with Crippen LogP contribution in [0.25, 0.3) is 0 Å². The number of carboxylic acid groups (broad SMARTS) is 1. The van der Waals surface area contributed by atoms with Crippen LogP contribution in [0.1, 0.15) is 12.0 Å². The van der Waals surface area contributed by atoms with Crippen molar-refractivity contribution in [1.82, 2.24) is 0 Å². The van der Waals surface area contributed by atoms with Gasteiger partial charge in [0.1, 0.15) is 5.75 Å². The van der Waals surface area contributed by atoms with E-state index in [9.17, 15) is 13.8 Å². The molecule has 0 fully saturated rings. The smallest absolute Gasteiger partial charge is 0.318 e. The lowest BCUT2D eigenvalue weighted by molar-refractivity contribution is -0.140. The maximum absolute atomic E-state index is 11.3. The van der Waals surface area contributed by atoms with E-state index < -0.39 is 22.7 Å². The Morgan fingerprint density at radius 2 is 1.89 bits per heavy atom. The first-order valence-corrected chi connectivity index (χ1v) is 7.33. The first-order valence-electron chi connectivity index (χ1n) is 5.84. The fourth-order valence-corrected chi connectivity index (χ4v) is 2.27. The number of aliphatic carboxylic acids is 1. The second-order valence-corrected chi connectivity index (χ2v) is 5.46. The molecular weight excluding hydrogens is 268 g/mol. The van der Waals surface area contributed by atoms with Gasteiger partial charge in [0.2, 0.25) is 0 Å². The summed E-state index contributed by atoms with van der Waals surface area (Å²) < 4.78 is 16.3. The molecule has 1 aromatic carbocycles. The highest BCUT2D eigenvalue weighted by molar-refractivity contribution is 7.85. The minimum absolute atomic E-state index is 0.0247. The summed E-state index contributed by atoms with van der Waals surface area (Å²) in [4.78, 5) is 21.6. The maximum Gasteiger partial charge on any atom is 0.318 e. The predicted octanol–water partition coefficient (Wildman–Crippen LogP) is 0.996. The molecule has 1 atom stereocenters. The molecule has 0 bridgehead atoms. The van der Waals surface area contributed by atoms with Gasteiger partial charge < -0.3 is 9.84 Å². The molecular formula is C13H16O5S. The highest BCUT2D eigenvalue weighted by Gasteiger charge is 2.10. The van der Waals surface area contributed by atoms with Crippen molar-refractivity contribution in [3.05, 3.63) is 35.9 Å². The van der Waals surface area contributed by atoms with Crippen LogP contribution in [-0.4, -0.2) is 39.4 Å². The molecule has 1 aromatic rings. The molecule has 6 heteroatoms. The average molecular weight is 284 g/mol. The second-order valence-electron chi connectivity index (χ2n) is 3.89. The van der Waals surface area contributed by atoms with Gasteiger partial charge in [0.15, 0.2) is 0 Å². The first-order chi connectivity index (χ1) is 9.08. The molecule has 0 aliphatic rings. The fraction of sp³-hybridized carbons (Fsp3) is 0.385. The number of hydrogen-bond donors (Lipinski definition) is 1. The number of carbonyl (C=O) groups excluding carboxylic acids is 1. The number of hydrogen-bond acceptors (Lipinski definition) is 4. The predicted molar refractivity (Wildman–Crippen MR) is 71.2 cm³/mol. The highest BCUT2D eigenvalue weighted by atomic mass is 32.2. The molecule has 0 aliphatic heterocycles. The molecule has 0 saturated heterocycles. The molecule has 0 aromatic heterocycles. The van der Waals surface area contributed by atoms with Crippen LogP contribution in [0.5, 0.6) is 0 Å². The quantitative estimate of drug-likeness (QED) is 0.720. The summed E-state index contributed by atoms with van der Waals surface area (Å²) in [6, 6.07) is 9.56. The third kappa shape index (κ3) is 7.35. The minimum Gasteiger partial charge on any atom is -0.481 e. The molecule has 104 valence electrons. The highest BCUT2D eigenvalue weighted by Crippen LogP contribution is 2.00. The summed E-state index contributed by atoms with van der Waals surface area (Å²) in [5.41, 5.74) is 1.06. The molecule has 0 amide bonds. The summed E-state index contributed by atoms with van der Waals surface area (Å²) in [6.07, 6.45) is 0.401. The Morgan fingerprint density at radius 1 is 1.21 bits per heavy atom. The van der Waals surface area contributed by atoms with Crippen molar-refractivity contribution in [1.29, 1.82) is 0 Å². The Hall–Kier alpha value is -1.69. The third-order valence-electron chi connectivity index (χ3n) is 2.32.